The number of fused-ring (bicyclic) bond motifs is 1. The molecule has 1 heterocycles. The fourth-order valence-corrected chi connectivity index (χ4v) is 1.51. The van der Waals surface area contributed by atoms with Crippen LogP contribution in [-0.4, -0.2) is 17.7 Å². The van der Waals surface area contributed by atoms with Gasteiger partial charge in [0.25, 0.3) is 0 Å². The third-order valence-corrected chi connectivity index (χ3v) is 2.25. The van der Waals surface area contributed by atoms with Gasteiger partial charge in [0.1, 0.15) is 12.4 Å². The van der Waals surface area contributed by atoms with Crippen molar-refractivity contribution in [2.24, 2.45) is 12.8 Å². The SMILES string of the molecule is Cn1ccc2ccc(OCCN)cc21. The summed E-state index contributed by atoms with van der Waals surface area (Å²) >= 11 is 0. The van der Waals surface area contributed by atoms with Crippen molar-refractivity contribution in [2.45, 2.75) is 0 Å². The quantitative estimate of drug-likeness (QED) is 0.797. The molecule has 0 saturated heterocycles. The smallest absolute Gasteiger partial charge is 0.121 e. The number of hydrogen-bond acceptors (Lipinski definition) is 2. The first-order valence-electron chi connectivity index (χ1n) is 4.69. The Morgan fingerprint density at radius 1 is 1.36 bits per heavy atom. The molecule has 0 radical (unpaired) electrons. The predicted molar refractivity (Wildman–Crippen MR) is 57.5 cm³/mol. The standard InChI is InChI=1S/C11H14N2O/c1-13-6-4-9-2-3-10(8-11(9)13)14-7-5-12/h2-4,6,8H,5,7,12H2,1H3. The molecule has 0 aliphatic heterocycles. The average Bonchev–Trinajstić information content (AvgIpc) is 2.57. The summed E-state index contributed by atoms with van der Waals surface area (Å²) in [5, 5.41) is 1.23. The van der Waals surface area contributed by atoms with E-state index in [0.29, 0.717) is 13.2 Å². The summed E-state index contributed by atoms with van der Waals surface area (Å²) in [6.07, 6.45) is 2.04. The molecular weight excluding hydrogens is 176 g/mol. The van der Waals surface area contributed by atoms with Gasteiger partial charge < -0.3 is 15.0 Å². The van der Waals surface area contributed by atoms with E-state index >= 15 is 0 Å². The van der Waals surface area contributed by atoms with Crippen LogP contribution >= 0.6 is 0 Å². The van der Waals surface area contributed by atoms with E-state index in [1.807, 2.05) is 25.4 Å². The lowest BCUT2D eigenvalue weighted by molar-refractivity contribution is 0.328. The summed E-state index contributed by atoms with van der Waals surface area (Å²) in [4.78, 5) is 0. The van der Waals surface area contributed by atoms with Gasteiger partial charge in [0.15, 0.2) is 0 Å². The highest BCUT2D eigenvalue weighted by Crippen LogP contribution is 2.20. The molecular formula is C11H14N2O. The van der Waals surface area contributed by atoms with E-state index in [9.17, 15) is 0 Å². The number of rotatable bonds is 3. The second kappa shape index (κ2) is 3.72. The maximum atomic E-state index is 5.45. The molecule has 2 rings (SSSR count). The van der Waals surface area contributed by atoms with Gasteiger partial charge in [-0.15, -0.1) is 0 Å². The molecule has 0 saturated carbocycles. The van der Waals surface area contributed by atoms with Crippen LogP contribution in [-0.2, 0) is 7.05 Å². The summed E-state index contributed by atoms with van der Waals surface area (Å²) in [7, 11) is 2.02. The van der Waals surface area contributed by atoms with Crippen molar-refractivity contribution >= 4 is 10.9 Å². The lowest BCUT2D eigenvalue weighted by Gasteiger charge is -2.04. The normalized spacial score (nSPS) is 10.7. The Kier molecular flexibility index (Phi) is 2.41. The number of nitrogens with zero attached hydrogens (tertiary/aromatic N) is 1. The second-order valence-corrected chi connectivity index (χ2v) is 3.28. The number of aromatic nitrogens is 1. The third-order valence-electron chi connectivity index (χ3n) is 2.25. The van der Waals surface area contributed by atoms with E-state index in [0.717, 1.165) is 5.75 Å². The van der Waals surface area contributed by atoms with Gasteiger partial charge in [-0.3, -0.25) is 0 Å². The van der Waals surface area contributed by atoms with E-state index < -0.39 is 0 Å². The molecule has 0 amide bonds. The van der Waals surface area contributed by atoms with E-state index in [4.69, 9.17) is 10.5 Å². The van der Waals surface area contributed by atoms with Crippen molar-refractivity contribution in [1.29, 1.82) is 0 Å². The lowest BCUT2D eigenvalue weighted by Crippen LogP contribution is -2.10. The number of ether oxygens (including phenoxy) is 1. The van der Waals surface area contributed by atoms with Gasteiger partial charge >= 0.3 is 0 Å². The van der Waals surface area contributed by atoms with Crippen molar-refractivity contribution in [3.63, 3.8) is 0 Å². The average molecular weight is 190 g/mol. The molecule has 0 aliphatic carbocycles. The topological polar surface area (TPSA) is 40.2 Å². The van der Waals surface area contributed by atoms with Gasteiger partial charge in [-0.1, -0.05) is 0 Å². The number of nitrogens with two attached hydrogens (primary N) is 1. The van der Waals surface area contributed by atoms with Crippen LogP contribution in [0.1, 0.15) is 0 Å². The minimum absolute atomic E-state index is 0.547. The Hall–Kier alpha value is -1.48. The zero-order chi connectivity index (χ0) is 9.97. The van der Waals surface area contributed by atoms with Crippen molar-refractivity contribution in [1.82, 2.24) is 4.57 Å². The molecule has 3 heteroatoms. The molecule has 3 nitrogen and oxygen atoms in total. The molecule has 0 atom stereocenters. The summed E-state index contributed by atoms with van der Waals surface area (Å²) in [6.45, 7) is 1.11. The lowest BCUT2D eigenvalue weighted by atomic mass is 10.2. The first-order valence-corrected chi connectivity index (χ1v) is 4.69. The largest absolute Gasteiger partial charge is 0.492 e. The van der Waals surface area contributed by atoms with Crippen LogP contribution in [0.2, 0.25) is 0 Å². The molecule has 0 bridgehead atoms. The molecule has 2 N–H and O–H groups in total. The van der Waals surface area contributed by atoms with Crippen LogP contribution in [0.15, 0.2) is 30.5 Å². The zero-order valence-corrected chi connectivity index (χ0v) is 8.23. The molecule has 2 aromatic rings. The number of benzene rings is 1. The molecule has 1 aromatic heterocycles. The van der Waals surface area contributed by atoms with E-state index in [1.165, 1.54) is 10.9 Å². The Balaban J connectivity index is 2.34. The van der Waals surface area contributed by atoms with Gasteiger partial charge in [-0.05, 0) is 23.6 Å². The van der Waals surface area contributed by atoms with Crippen LogP contribution in [0.3, 0.4) is 0 Å². The summed E-state index contributed by atoms with van der Waals surface area (Å²) in [6, 6.07) is 8.15. The zero-order valence-electron chi connectivity index (χ0n) is 8.23. The summed E-state index contributed by atoms with van der Waals surface area (Å²) < 4.78 is 7.52. The minimum atomic E-state index is 0.547. The van der Waals surface area contributed by atoms with Crippen LogP contribution in [0.5, 0.6) is 5.75 Å². The maximum absolute atomic E-state index is 5.45. The fraction of sp³-hybridized carbons (Fsp3) is 0.273. The number of aryl methyl sites for hydroxylation is 1. The maximum Gasteiger partial charge on any atom is 0.121 e. The molecule has 0 unspecified atom stereocenters. The van der Waals surface area contributed by atoms with Gasteiger partial charge in [-0.25, -0.2) is 0 Å². The highest BCUT2D eigenvalue weighted by atomic mass is 16.5. The summed E-state index contributed by atoms with van der Waals surface area (Å²) in [5.41, 5.74) is 6.55. The minimum Gasteiger partial charge on any atom is -0.492 e. The molecule has 0 fully saturated rings. The highest BCUT2D eigenvalue weighted by molar-refractivity contribution is 5.81. The van der Waals surface area contributed by atoms with Crippen LogP contribution in [0, 0.1) is 0 Å². The Morgan fingerprint density at radius 2 is 2.21 bits per heavy atom. The van der Waals surface area contributed by atoms with Gasteiger partial charge in [0, 0.05) is 25.9 Å². The predicted octanol–water partition coefficient (Wildman–Crippen LogP) is 1.52. The van der Waals surface area contributed by atoms with Crippen molar-refractivity contribution in [3.8, 4) is 5.75 Å². The van der Waals surface area contributed by atoms with Gasteiger partial charge in [-0.2, -0.15) is 0 Å². The molecule has 1 aromatic carbocycles. The van der Waals surface area contributed by atoms with E-state index in [-0.39, 0.29) is 0 Å². The van der Waals surface area contributed by atoms with Crippen LogP contribution in [0.4, 0.5) is 0 Å². The first kappa shape index (κ1) is 9.09. The van der Waals surface area contributed by atoms with Crippen molar-refractivity contribution in [3.05, 3.63) is 30.5 Å². The molecule has 74 valence electrons. The van der Waals surface area contributed by atoms with Gasteiger partial charge in [0.2, 0.25) is 0 Å². The Morgan fingerprint density at radius 3 is 3.00 bits per heavy atom. The van der Waals surface area contributed by atoms with E-state index in [2.05, 4.69) is 16.7 Å². The molecule has 0 aliphatic rings. The molecule has 0 spiro atoms. The van der Waals surface area contributed by atoms with E-state index in [1.54, 1.807) is 0 Å². The fourth-order valence-electron chi connectivity index (χ4n) is 1.51. The molecule has 14 heavy (non-hydrogen) atoms. The first-order chi connectivity index (χ1) is 6.81. The van der Waals surface area contributed by atoms with Crippen LogP contribution in [0.25, 0.3) is 10.9 Å². The summed E-state index contributed by atoms with van der Waals surface area (Å²) in [5.74, 6) is 0.879. The Bertz CT molecular complexity index is 434. The second-order valence-electron chi connectivity index (χ2n) is 3.28. The van der Waals surface area contributed by atoms with Gasteiger partial charge in [0.05, 0.1) is 5.52 Å². The Labute approximate surface area is 83.1 Å². The monoisotopic (exact) mass is 190 g/mol. The van der Waals surface area contributed by atoms with Crippen LogP contribution < -0.4 is 10.5 Å². The third kappa shape index (κ3) is 1.59. The van der Waals surface area contributed by atoms with Crippen molar-refractivity contribution < 1.29 is 4.74 Å². The number of hydrogen-bond donors (Lipinski definition) is 1. The van der Waals surface area contributed by atoms with Crippen molar-refractivity contribution in [2.75, 3.05) is 13.2 Å². The highest BCUT2D eigenvalue weighted by Gasteiger charge is 1.99.